The number of sulfonamides is 1. The van der Waals surface area contributed by atoms with Crippen LogP contribution in [0.5, 0.6) is 11.5 Å². The zero-order valence-electron chi connectivity index (χ0n) is 19.3. The molecule has 1 fully saturated rings. The van der Waals surface area contributed by atoms with Gasteiger partial charge in [0.1, 0.15) is 19.8 Å². The number of rotatable bonds is 5. The Bertz CT molecular complexity index is 1490. The minimum atomic E-state index is -3.68. The van der Waals surface area contributed by atoms with Crippen molar-refractivity contribution in [2.24, 2.45) is 4.99 Å². The number of benzene rings is 2. The van der Waals surface area contributed by atoms with Gasteiger partial charge in [-0.2, -0.15) is 9.30 Å². The normalized spacial score (nSPS) is 16.8. The molecule has 2 aromatic carbocycles. The molecule has 2 aliphatic rings. The van der Waals surface area contributed by atoms with E-state index in [4.69, 9.17) is 18.9 Å². The lowest BCUT2D eigenvalue weighted by atomic mass is 10.2. The number of thiazole rings is 1. The third-order valence-electron chi connectivity index (χ3n) is 5.77. The third-order valence-corrected chi connectivity index (χ3v) is 8.72. The molecule has 1 aromatic heterocycles. The average molecular weight is 534 g/mol. The number of morpholine rings is 1. The van der Waals surface area contributed by atoms with Gasteiger partial charge < -0.3 is 23.5 Å². The summed E-state index contributed by atoms with van der Waals surface area (Å²) in [6.07, 6.45) is 0. The van der Waals surface area contributed by atoms with Crippen LogP contribution in [0.4, 0.5) is 0 Å². The second-order valence-corrected chi connectivity index (χ2v) is 10.9. The standard InChI is InChI=1S/C23H23N3O8S2/c1-31-21(27)14-26-17-12-18-19(34-11-10-33-18)13-20(17)35-23(26)24-22(28)15-2-4-16(5-3-15)36(29,30)25-6-8-32-9-7-25/h2-5,12-13H,6-11,14H2,1H3. The summed E-state index contributed by atoms with van der Waals surface area (Å²) >= 11 is 1.22. The maximum atomic E-state index is 13.0. The summed E-state index contributed by atoms with van der Waals surface area (Å²) < 4.78 is 50.7. The van der Waals surface area contributed by atoms with Crippen LogP contribution in [0.15, 0.2) is 46.3 Å². The van der Waals surface area contributed by atoms with Gasteiger partial charge in [0.25, 0.3) is 5.91 Å². The first-order valence-corrected chi connectivity index (χ1v) is 13.4. The quantitative estimate of drug-likeness (QED) is 0.451. The molecule has 0 aliphatic carbocycles. The highest BCUT2D eigenvalue weighted by Crippen LogP contribution is 2.35. The van der Waals surface area contributed by atoms with Crippen molar-refractivity contribution in [3.8, 4) is 11.5 Å². The number of amides is 1. The molecule has 13 heteroatoms. The molecule has 0 unspecified atom stereocenters. The molecule has 1 saturated heterocycles. The van der Waals surface area contributed by atoms with Crippen LogP contribution in [0, 0.1) is 0 Å². The summed E-state index contributed by atoms with van der Waals surface area (Å²) in [7, 11) is -2.40. The van der Waals surface area contributed by atoms with Gasteiger partial charge in [0.15, 0.2) is 16.3 Å². The van der Waals surface area contributed by atoms with Crippen molar-refractivity contribution in [2.45, 2.75) is 11.4 Å². The van der Waals surface area contributed by atoms with E-state index in [0.717, 1.165) is 4.70 Å². The highest BCUT2D eigenvalue weighted by atomic mass is 32.2. The Morgan fingerprint density at radius 1 is 1.03 bits per heavy atom. The first-order chi connectivity index (χ1) is 17.4. The molecule has 2 aliphatic heterocycles. The monoisotopic (exact) mass is 533 g/mol. The van der Waals surface area contributed by atoms with Gasteiger partial charge >= 0.3 is 5.97 Å². The molecular formula is C23H23N3O8S2. The van der Waals surface area contributed by atoms with Crippen molar-refractivity contribution in [1.29, 1.82) is 0 Å². The predicted molar refractivity (Wildman–Crippen MR) is 129 cm³/mol. The molecular weight excluding hydrogens is 510 g/mol. The van der Waals surface area contributed by atoms with Crippen LogP contribution in [-0.2, 0) is 30.8 Å². The van der Waals surface area contributed by atoms with E-state index in [1.54, 1.807) is 16.7 Å². The topological polar surface area (TPSA) is 126 Å². The summed E-state index contributed by atoms with van der Waals surface area (Å²) in [6, 6.07) is 9.18. The average Bonchev–Trinajstić information content (AvgIpc) is 3.22. The lowest BCUT2D eigenvalue weighted by Gasteiger charge is -2.26. The zero-order chi connectivity index (χ0) is 25.3. The maximum Gasteiger partial charge on any atom is 0.325 e. The van der Waals surface area contributed by atoms with Crippen molar-refractivity contribution in [3.63, 3.8) is 0 Å². The van der Waals surface area contributed by atoms with Crippen molar-refractivity contribution >= 4 is 43.5 Å². The first kappa shape index (κ1) is 24.4. The number of esters is 1. The van der Waals surface area contributed by atoms with Crippen LogP contribution in [0.1, 0.15) is 10.4 Å². The Hall–Kier alpha value is -3.26. The fourth-order valence-electron chi connectivity index (χ4n) is 3.90. The summed E-state index contributed by atoms with van der Waals surface area (Å²) in [4.78, 5) is 29.7. The molecule has 5 rings (SSSR count). The highest BCUT2D eigenvalue weighted by Gasteiger charge is 2.26. The second-order valence-electron chi connectivity index (χ2n) is 7.97. The molecule has 0 atom stereocenters. The molecule has 0 bridgehead atoms. The Morgan fingerprint density at radius 2 is 1.69 bits per heavy atom. The van der Waals surface area contributed by atoms with E-state index in [1.165, 1.54) is 47.0 Å². The number of hydrogen-bond donors (Lipinski definition) is 0. The SMILES string of the molecule is COC(=O)Cn1c(=NC(=O)c2ccc(S(=O)(=O)N3CCOCC3)cc2)sc2cc3c(cc21)OCCO3. The summed E-state index contributed by atoms with van der Waals surface area (Å²) in [5.41, 5.74) is 0.858. The van der Waals surface area contributed by atoms with Crippen LogP contribution in [0.3, 0.4) is 0 Å². The van der Waals surface area contributed by atoms with Gasteiger partial charge in [0.05, 0.1) is 35.4 Å². The van der Waals surface area contributed by atoms with Crippen LogP contribution < -0.4 is 14.3 Å². The first-order valence-electron chi connectivity index (χ1n) is 11.1. The molecule has 0 N–H and O–H groups in total. The lowest BCUT2D eigenvalue weighted by molar-refractivity contribution is -0.141. The molecule has 11 nitrogen and oxygen atoms in total. The van der Waals surface area contributed by atoms with Crippen LogP contribution >= 0.6 is 11.3 Å². The highest BCUT2D eigenvalue weighted by molar-refractivity contribution is 7.89. The van der Waals surface area contributed by atoms with Gasteiger partial charge in [0.2, 0.25) is 10.0 Å². The van der Waals surface area contributed by atoms with Gasteiger partial charge in [-0.05, 0) is 24.3 Å². The largest absolute Gasteiger partial charge is 0.486 e. The van der Waals surface area contributed by atoms with E-state index in [-0.39, 0.29) is 34.9 Å². The number of carbonyl (C=O) groups excluding carboxylic acids is 2. The zero-order valence-corrected chi connectivity index (χ0v) is 21.0. The lowest BCUT2D eigenvalue weighted by Crippen LogP contribution is -2.40. The van der Waals surface area contributed by atoms with Crippen molar-refractivity contribution < 1.29 is 37.0 Å². The Kier molecular flexibility index (Phi) is 6.79. The van der Waals surface area contributed by atoms with Gasteiger partial charge in [-0.25, -0.2) is 8.42 Å². The van der Waals surface area contributed by atoms with Crippen molar-refractivity contribution in [1.82, 2.24) is 8.87 Å². The van der Waals surface area contributed by atoms with E-state index in [9.17, 15) is 18.0 Å². The number of nitrogens with zero attached hydrogens (tertiary/aromatic N) is 3. The fraction of sp³-hybridized carbons (Fsp3) is 0.348. The minimum Gasteiger partial charge on any atom is -0.486 e. The summed E-state index contributed by atoms with van der Waals surface area (Å²) in [5.74, 6) is 0.0409. The Balaban J connectivity index is 1.49. The number of carbonyl (C=O) groups is 2. The molecule has 0 saturated carbocycles. The summed E-state index contributed by atoms with van der Waals surface area (Å²) in [5, 5.41) is 0. The minimum absolute atomic E-state index is 0.0918. The molecule has 36 heavy (non-hydrogen) atoms. The molecule has 3 aromatic rings. The molecule has 0 spiro atoms. The summed E-state index contributed by atoms with van der Waals surface area (Å²) in [6.45, 7) is 1.94. The Morgan fingerprint density at radius 3 is 2.36 bits per heavy atom. The number of aromatic nitrogens is 1. The van der Waals surface area contributed by atoms with E-state index in [0.29, 0.717) is 43.4 Å². The van der Waals surface area contributed by atoms with Crippen LogP contribution in [0.2, 0.25) is 0 Å². The molecule has 190 valence electrons. The smallest absolute Gasteiger partial charge is 0.325 e. The second kappa shape index (κ2) is 10.0. The van der Waals surface area contributed by atoms with Crippen molar-refractivity contribution in [3.05, 3.63) is 46.8 Å². The number of ether oxygens (including phenoxy) is 4. The predicted octanol–water partition coefficient (Wildman–Crippen LogP) is 1.41. The maximum absolute atomic E-state index is 13.0. The third kappa shape index (κ3) is 4.74. The van der Waals surface area contributed by atoms with Crippen LogP contribution in [-0.4, -0.2) is 75.8 Å². The van der Waals surface area contributed by atoms with Crippen LogP contribution in [0.25, 0.3) is 10.2 Å². The van der Waals surface area contributed by atoms with E-state index >= 15 is 0 Å². The Labute approximate surface area is 210 Å². The molecule has 0 radical (unpaired) electrons. The van der Waals surface area contributed by atoms with Gasteiger partial charge in [-0.15, -0.1) is 0 Å². The van der Waals surface area contributed by atoms with E-state index in [1.807, 2.05) is 0 Å². The van der Waals surface area contributed by atoms with Gasteiger partial charge in [0, 0.05) is 30.8 Å². The van der Waals surface area contributed by atoms with E-state index < -0.39 is 21.9 Å². The van der Waals surface area contributed by atoms with Gasteiger partial charge in [-0.1, -0.05) is 11.3 Å². The molecule has 1 amide bonds. The number of fused-ring (bicyclic) bond motifs is 2. The number of methoxy groups -OCH3 is 1. The number of hydrogen-bond acceptors (Lipinski definition) is 9. The van der Waals surface area contributed by atoms with E-state index in [2.05, 4.69) is 4.99 Å². The van der Waals surface area contributed by atoms with Gasteiger partial charge in [-0.3, -0.25) is 9.59 Å². The van der Waals surface area contributed by atoms with Crippen molar-refractivity contribution in [2.75, 3.05) is 46.6 Å². The molecule has 3 heterocycles. The fourth-order valence-corrected chi connectivity index (χ4v) is 6.34.